The summed E-state index contributed by atoms with van der Waals surface area (Å²) in [6, 6.07) is 18.5. The summed E-state index contributed by atoms with van der Waals surface area (Å²) in [5, 5.41) is 25.5. The number of nitrogens with one attached hydrogen (secondary N) is 2. The second kappa shape index (κ2) is 14.0. The first-order valence-electron chi connectivity index (χ1n) is 15.3. The number of carbonyl (C=O) groups is 4. The summed E-state index contributed by atoms with van der Waals surface area (Å²) < 4.78 is 5.20. The Balaban J connectivity index is 1.38. The smallest absolute Gasteiger partial charge is 0.394 e. The highest BCUT2D eigenvalue weighted by Crippen LogP contribution is 2.34. The quantitative estimate of drug-likeness (QED) is 0.273. The molecule has 3 heterocycles. The monoisotopic (exact) mass is 620 g/mol. The second-order valence-corrected chi connectivity index (χ2v) is 12.3. The van der Waals surface area contributed by atoms with Crippen LogP contribution in [-0.2, 0) is 32.2 Å². The number of aliphatic hydroxyl groups excluding tert-OH is 2. The third-order valence-corrected chi connectivity index (χ3v) is 8.91. The highest BCUT2D eigenvalue weighted by Gasteiger charge is 2.55. The van der Waals surface area contributed by atoms with E-state index in [-0.39, 0.29) is 42.9 Å². The maximum atomic E-state index is 14.2. The molecule has 0 saturated carbocycles. The number of likely N-dealkylation sites (tertiary alicyclic amines) is 1. The molecule has 5 rings (SSSR count). The van der Waals surface area contributed by atoms with Gasteiger partial charge >= 0.3 is 6.03 Å². The van der Waals surface area contributed by atoms with Crippen molar-refractivity contribution in [3.05, 3.63) is 83.6 Å². The molecule has 2 aromatic rings. The lowest BCUT2D eigenvalue weighted by atomic mass is 10.0. The number of benzene rings is 2. The number of quaternary nitrogens is 1. The number of amides is 5. The molecule has 12 nitrogen and oxygen atoms in total. The molecule has 0 bridgehead atoms. The SMILES string of the molecule is CC1=C[N+](CC(=O)N2C[C@H](C(=O)NCc3ccccc3)CC2CN(C)Cc2ccccc2)([C@H]2C[C@H](O)[C@@H](CO)O2)C(=O)NC1=O. The topological polar surface area (TPSA) is 149 Å². The minimum absolute atomic E-state index is 0.0162. The van der Waals surface area contributed by atoms with Gasteiger partial charge in [0, 0.05) is 32.2 Å². The van der Waals surface area contributed by atoms with E-state index in [1.807, 2.05) is 67.7 Å². The van der Waals surface area contributed by atoms with E-state index in [1.165, 1.54) is 6.20 Å². The molecule has 6 atom stereocenters. The third kappa shape index (κ3) is 7.32. The Labute approximate surface area is 262 Å². The Morgan fingerprint density at radius 2 is 1.73 bits per heavy atom. The summed E-state index contributed by atoms with van der Waals surface area (Å²) in [6.07, 6.45) is -1.15. The molecule has 5 amide bonds. The van der Waals surface area contributed by atoms with Gasteiger partial charge in [0.15, 0.2) is 6.54 Å². The Hall–Kier alpha value is -3.94. The average molecular weight is 621 g/mol. The molecular weight excluding hydrogens is 578 g/mol. The second-order valence-electron chi connectivity index (χ2n) is 12.3. The molecular formula is C33H42N5O7+. The number of ether oxygens (including phenoxy) is 1. The lowest BCUT2D eigenvalue weighted by Crippen LogP contribution is -2.66. The molecule has 12 heteroatoms. The van der Waals surface area contributed by atoms with Crippen molar-refractivity contribution in [3.8, 4) is 0 Å². The summed E-state index contributed by atoms with van der Waals surface area (Å²) >= 11 is 0. The van der Waals surface area contributed by atoms with Crippen LogP contribution in [0.3, 0.4) is 0 Å². The number of urea groups is 1. The number of hydrogen-bond acceptors (Lipinski definition) is 8. The van der Waals surface area contributed by atoms with Gasteiger partial charge in [0.1, 0.15) is 12.3 Å². The zero-order chi connectivity index (χ0) is 32.1. The van der Waals surface area contributed by atoms with E-state index < -0.39 is 47.4 Å². The Kier molecular flexibility index (Phi) is 10.1. The van der Waals surface area contributed by atoms with Crippen LogP contribution in [0.5, 0.6) is 0 Å². The van der Waals surface area contributed by atoms with Crippen molar-refractivity contribution in [1.29, 1.82) is 0 Å². The molecule has 2 unspecified atom stereocenters. The van der Waals surface area contributed by atoms with E-state index in [2.05, 4.69) is 15.5 Å². The van der Waals surface area contributed by atoms with Crippen LogP contribution in [0.1, 0.15) is 30.9 Å². The summed E-state index contributed by atoms with van der Waals surface area (Å²) in [7, 11) is 1.96. The molecule has 0 radical (unpaired) electrons. The first-order chi connectivity index (χ1) is 21.6. The van der Waals surface area contributed by atoms with Gasteiger partial charge in [-0.15, -0.1) is 0 Å². The van der Waals surface area contributed by atoms with Crippen LogP contribution in [0, 0.1) is 5.92 Å². The van der Waals surface area contributed by atoms with Gasteiger partial charge in [0.05, 0.1) is 30.6 Å². The molecule has 3 aliphatic rings. The zero-order valence-corrected chi connectivity index (χ0v) is 25.7. The van der Waals surface area contributed by atoms with E-state index >= 15 is 0 Å². The lowest BCUT2D eigenvalue weighted by Gasteiger charge is -2.39. The molecule has 45 heavy (non-hydrogen) atoms. The Morgan fingerprint density at radius 3 is 2.38 bits per heavy atom. The van der Waals surface area contributed by atoms with Gasteiger partial charge in [-0.05, 0) is 31.5 Å². The van der Waals surface area contributed by atoms with Crippen LogP contribution in [-0.4, -0.2) is 106 Å². The fourth-order valence-corrected chi connectivity index (χ4v) is 6.51. The first-order valence-corrected chi connectivity index (χ1v) is 15.3. The Morgan fingerprint density at radius 1 is 1.07 bits per heavy atom. The molecule has 2 saturated heterocycles. The van der Waals surface area contributed by atoms with Crippen molar-refractivity contribution < 1.29 is 38.6 Å². The van der Waals surface area contributed by atoms with Gasteiger partial charge < -0.3 is 30.1 Å². The van der Waals surface area contributed by atoms with Crippen LogP contribution in [0.4, 0.5) is 4.79 Å². The van der Waals surface area contributed by atoms with Crippen molar-refractivity contribution in [2.45, 2.75) is 57.3 Å². The highest BCUT2D eigenvalue weighted by molar-refractivity contribution is 6.04. The van der Waals surface area contributed by atoms with Crippen molar-refractivity contribution in [3.63, 3.8) is 0 Å². The van der Waals surface area contributed by atoms with Crippen LogP contribution < -0.4 is 10.6 Å². The maximum Gasteiger partial charge on any atom is 0.430 e. The largest absolute Gasteiger partial charge is 0.430 e. The van der Waals surface area contributed by atoms with E-state index in [0.717, 1.165) is 11.1 Å². The summed E-state index contributed by atoms with van der Waals surface area (Å²) in [5.41, 5.74) is 2.31. The van der Waals surface area contributed by atoms with E-state index in [0.29, 0.717) is 26.1 Å². The molecule has 0 spiro atoms. The third-order valence-electron chi connectivity index (χ3n) is 8.91. The predicted molar refractivity (Wildman–Crippen MR) is 163 cm³/mol. The summed E-state index contributed by atoms with van der Waals surface area (Å²) in [5.74, 6) is -1.57. The minimum atomic E-state index is -1.05. The highest BCUT2D eigenvalue weighted by atomic mass is 16.5. The number of rotatable bonds is 11. The van der Waals surface area contributed by atoms with Crippen molar-refractivity contribution in [2.75, 3.05) is 33.3 Å². The van der Waals surface area contributed by atoms with Crippen molar-refractivity contribution in [2.24, 2.45) is 5.92 Å². The van der Waals surface area contributed by atoms with E-state index in [1.54, 1.807) is 11.8 Å². The summed E-state index contributed by atoms with van der Waals surface area (Å²) in [4.78, 5) is 57.2. The van der Waals surface area contributed by atoms with Crippen LogP contribution in [0.15, 0.2) is 72.4 Å². The molecule has 240 valence electrons. The number of likely N-dealkylation sites (N-methyl/N-ethyl adjacent to an activating group) is 1. The molecule has 2 fully saturated rings. The number of hydrogen-bond donors (Lipinski definition) is 4. The van der Waals surface area contributed by atoms with Crippen LogP contribution >= 0.6 is 0 Å². The van der Waals surface area contributed by atoms with E-state index in [9.17, 15) is 29.4 Å². The van der Waals surface area contributed by atoms with Gasteiger partial charge in [-0.25, -0.2) is 10.1 Å². The van der Waals surface area contributed by atoms with Gasteiger partial charge in [-0.1, -0.05) is 60.7 Å². The Bertz CT molecular complexity index is 1420. The average Bonchev–Trinajstić information content (AvgIpc) is 3.63. The zero-order valence-electron chi connectivity index (χ0n) is 25.7. The molecule has 4 N–H and O–H groups in total. The molecule has 0 aliphatic carbocycles. The fraction of sp³-hybridized carbons (Fsp3) is 0.455. The molecule has 0 aromatic heterocycles. The summed E-state index contributed by atoms with van der Waals surface area (Å²) in [6.45, 7) is 2.37. The lowest BCUT2D eigenvalue weighted by molar-refractivity contribution is -0.844. The number of nitrogens with zero attached hydrogens (tertiary/aromatic N) is 3. The van der Waals surface area contributed by atoms with Gasteiger partial charge in [0.2, 0.25) is 12.1 Å². The van der Waals surface area contributed by atoms with Crippen molar-refractivity contribution >= 4 is 23.8 Å². The standard InChI is InChI=1S/C33H41N5O7/c1-22-19-38(33(44)35-31(22)42,30-14-27(40)28(21-39)45-30)20-29(41)37-17-25(32(43)34-15-23-9-5-3-6-10-23)13-26(37)18-36(2)16-24-11-7-4-8-12-24/h3-12,19,25-28,30,39-40H,13-18,20-21H2,1-2H3,(H-,34,35,42,43,44)/p+1/t25-,26?,27+,28-,30-,38?/m1/s1. The normalized spacial score (nSPS) is 28.2. The van der Waals surface area contributed by atoms with Gasteiger partial charge in [0.25, 0.3) is 11.8 Å². The number of imide groups is 1. The van der Waals surface area contributed by atoms with Crippen LogP contribution in [0.25, 0.3) is 0 Å². The van der Waals surface area contributed by atoms with Gasteiger partial charge in [-0.2, -0.15) is 4.48 Å². The first kappa shape index (κ1) is 32.5. The van der Waals surface area contributed by atoms with E-state index in [4.69, 9.17) is 4.74 Å². The maximum absolute atomic E-state index is 14.2. The number of carbonyl (C=O) groups excluding carboxylic acids is 4. The fourth-order valence-electron chi connectivity index (χ4n) is 6.51. The van der Waals surface area contributed by atoms with Gasteiger partial charge in [-0.3, -0.25) is 14.4 Å². The molecule has 2 aromatic carbocycles. The van der Waals surface area contributed by atoms with Crippen molar-refractivity contribution in [1.82, 2.24) is 20.4 Å². The predicted octanol–water partition coefficient (Wildman–Crippen LogP) is 1.09. The molecule has 3 aliphatic heterocycles. The minimum Gasteiger partial charge on any atom is -0.394 e. The van der Waals surface area contributed by atoms with Crippen LogP contribution in [0.2, 0.25) is 0 Å². The number of aliphatic hydroxyl groups is 2.